The molecule has 0 spiro atoms. The Balaban J connectivity index is -0.000000225. The number of hydrogen-bond acceptors (Lipinski definition) is 0. The van der Waals surface area contributed by atoms with Gasteiger partial charge in [0, 0.05) is 27.3 Å². The Morgan fingerprint density at radius 1 is 1.00 bits per heavy atom. The number of rotatable bonds is 2. The summed E-state index contributed by atoms with van der Waals surface area (Å²) in [6.45, 7) is 3.08. The van der Waals surface area contributed by atoms with Crippen LogP contribution in [0.25, 0.3) is 0 Å². The maximum absolute atomic E-state index is 2.25. The molecular weight excluding hydrogens is 422 g/mol. The van der Waals surface area contributed by atoms with Gasteiger partial charge in [-0.3, -0.25) is 0 Å². The van der Waals surface area contributed by atoms with Gasteiger partial charge < -0.3 is 21.9 Å². The van der Waals surface area contributed by atoms with Gasteiger partial charge in [0.1, 0.15) is 18.9 Å². The maximum atomic E-state index is 2.25. The molecule has 0 saturated heterocycles. The quantitative estimate of drug-likeness (QED) is 0.627. The minimum atomic E-state index is 0. The van der Waals surface area contributed by atoms with Crippen molar-refractivity contribution in [3.8, 4) is 0 Å². The van der Waals surface area contributed by atoms with Gasteiger partial charge in [0.15, 0.2) is 0 Å². The molecule has 2 rings (SSSR count). The van der Waals surface area contributed by atoms with Crippen LogP contribution in [0.1, 0.15) is 11.4 Å². The molecule has 0 N–H and O–H groups in total. The number of imidazole rings is 1. The molecule has 0 bridgehead atoms. The summed E-state index contributed by atoms with van der Waals surface area (Å²) in [5.74, 6) is 1.27. The second-order valence-electron chi connectivity index (χ2n) is 3.57. The second kappa shape index (κ2) is 12.0. The van der Waals surface area contributed by atoms with Crippen LogP contribution in [0.2, 0.25) is 0 Å². The number of benzene rings is 1. The van der Waals surface area contributed by atoms with E-state index in [2.05, 4.69) is 59.8 Å². The standard InChI is InChI=1S/C12H15N2.4O.Re/c1-11-13(2)8-9-14(11)10-12-6-4-3-5-7-12;;;;;/h3-9H,10H2,1-2H3;;;;;/q+1;4*-2;. The third kappa shape index (κ3) is 6.59. The number of nitrogens with zero attached hydrogens (tertiary/aromatic N) is 2. The molecule has 1 radical (unpaired) electrons. The monoisotopic (exact) mass is 438 g/mol. The predicted octanol–water partition coefficient (Wildman–Crippen LogP) is 1.19. The first kappa shape index (κ1) is 26.5. The van der Waals surface area contributed by atoms with Gasteiger partial charge in [0.25, 0.3) is 5.82 Å². The van der Waals surface area contributed by atoms with Gasteiger partial charge in [-0.25, -0.2) is 9.13 Å². The molecule has 0 saturated carbocycles. The van der Waals surface area contributed by atoms with Crippen LogP contribution in [0.4, 0.5) is 0 Å². The summed E-state index contributed by atoms with van der Waals surface area (Å²) >= 11 is 0. The summed E-state index contributed by atoms with van der Waals surface area (Å²) in [4.78, 5) is 0. The van der Waals surface area contributed by atoms with E-state index in [-0.39, 0.29) is 42.3 Å². The minimum Gasteiger partial charge on any atom is -2.00 e. The summed E-state index contributed by atoms with van der Waals surface area (Å²) < 4.78 is 4.37. The van der Waals surface area contributed by atoms with Crippen molar-refractivity contribution in [1.82, 2.24) is 4.57 Å². The van der Waals surface area contributed by atoms with Gasteiger partial charge in [-0.2, -0.15) is 0 Å². The van der Waals surface area contributed by atoms with E-state index in [0.29, 0.717) is 0 Å². The molecule has 0 unspecified atom stereocenters. The van der Waals surface area contributed by atoms with Crippen LogP contribution in [0.3, 0.4) is 0 Å². The Morgan fingerprint density at radius 3 is 1.95 bits per heavy atom. The predicted molar refractivity (Wildman–Crippen MR) is 58.6 cm³/mol. The fraction of sp³-hybridized carbons (Fsp3) is 0.250. The smallest absolute Gasteiger partial charge is 0.253 e. The zero-order valence-corrected chi connectivity index (χ0v) is 13.4. The van der Waals surface area contributed by atoms with Gasteiger partial charge in [-0.05, 0) is 5.56 Å². The van der Waals surface area contributed by atoms with E-state index in [0.717, 1.165) is 6.54 Å². The first-order valence-electron chi connectivity index (χ1n) is 4.82. The summed E-state index contributed by atoms with van der Waals surface area (Å²) in [5.41, 5.74) is 1.34. The maximum Gasteiger partial charge on any atom is 0.253 e. The Labute approximate surface area is 126 Å². The molecule has 0 aliphatic rings. The first-order valence-corrected chi connectivity index (χ1v) is 4.82. The molecule has 7 heteroatoms. The zero-order valence-electron chi connectivity index (χ0n) is 10.7. The van der Waals surface area contributed by atoms with Crippen LogP contribution in [0.5, 0.6) is 0 Å². The zero-order chi connectivity index (χ0) is 9.97. The number of hydrogen-bond donors (Lipinski definition) is 0. The topological polar surface area (TPSA) is 123 Å². The van der Waals surface area contributed by atoms with Crippen LogP contribution in [-0.4, -0.2) is 4.57 Å². The summed E-state index contributed by atoms with van der Waals surface area (Å²) in [5, 5.41) is 0. The van der Waals surface area contributed by atoms with Crippen LogP contribution in [0, 0.1) is 6.92 Å². The van der Waals surface area contributed by atoms with Gasteiger partial charge in [0.05, 0.1) is 7.05 Å². The molecule has 1 aromatic carbocycles. The molecule has 111 valence electrons. The molecule has 2 aromatic rings. The minimum absolute atomic E-state index is 0. The number of aromatic nitrogens is 2. The fourth-order valence-electron chi connectivity index (χ4n) is 1.55. The third-order valence-corrected chi connectivity index (χ3v) is 2.59. The molecule has 0 atom stereocenters. The second-order valence-corrected chi connectivity index (χ2v) is 3.57. The largest absolute Gasteiger partial charge is 2.00 e. The Hall–Kier alpha value is -1.07. The van der Waals surface area contributed by atoms with E-state index in [1.54, 1.807) is 0 Å². The molecule has 19 heavy (non-hydrogen) atoms. The van der Waals surface area contributed by atoms with E-state index >= 15 is 0 Å². The van der Waals surface area contributed by atoms with E-state index in [4.69, 9.17) is 0 Å². The van der Waals surface area contributed by atoms with Gasteiger partial charge in [-0.15, -0.1) is 0 Å². The van der Waals surface area contributed by atoms with Crippen LogP contribution < -0.4 is 4.57 Å². The van der Waals surface area contributed by atoms with Gasteiger partial charge in [0.2, 0.25) is 0 Å². The molecule has 0 fully saturated rings. The molecule has 1 heterocycles. The third-order valence-electron chi connectivity index (χ3n) is 2.59. The molecule has 0 amide bonds. The van der Waals surface area contributed by atoms with E-state index < -0.39 is 0 Å². The van der Waals surface area contributed by atoms with E-state index in [1.807, 2.05) is 6.07 Å². The molecular formula is C12H15N2O4Re-7. The van der Waals surface area contributed by atoms with Crippen molar-refractivity contribution in [2.24, 2.45) is 7.05 Å². The average Bonchev–Trinajstić information content (AvgIpc) is 2.52. The van der Waals surface area contributed by atoms with Crippen molar-refractivity contribution >= 4 is 0 Å². The van der Waals surface area contributed by atoms with E-state index in [1.165, 1.54) is 11.4 Å². The van der Waals surface area contributed by atoms with Crippen molar-refractivity contribution < 1.29 is 46.9 Å². The van der Waals surface area contributed by atoms with Crippen molar-refractivity contribution in [2.75, 3.05) is 0 Å². The summed E-state index contributed by atoms with van der Waals surface area (Å²) in [7, 11) is 2.07. The summed E-state index contributed by atoms with van der Waals surface area (Å²) in [6, 6.07) is 10.5. The molecule has 1 aromatic heterocycles. The molecule has 6 nitrogen and oxygen atoms in total. The first-order chi connectivity index (χ1) is 6.77. The van der Waals surface area contributed by atoms with Crippen LogP contribution in [-0.2, 0) is 55.9 Å². The van der Waals surface area contributed by atoms with Crippen molar-refractivity contribution in [3.05, 3.63) is 54.1 Å². The SMILES string of the molecule is Cc1n(Cc2ccccc2)cc[n+]1C.[O-2].[O-2].[O-2].[O-2].[Re]. The normalized spacial score (nSPS) is 7.68. The Morgan fingerprint density at radius 2 is 1.53 bits per heavy atom. The fourth-order valence-corrected chi connectivity index (χ4v) is 1.55. The Bertz CT molecular complexity index is 435. The van der Waals surface area contributed by atoms with Gasteiger partial charge in [-0.1, -0.05) is 30.3 Å². The molecule has 0 aliphatic heterocycles. The Kier molecular flexibility index (Phi) is 16.7. The van der Waals surface area contributed by atoms with Crippen molar-refractivity contribution in [3.63, 3.8) is 0 Å². The average molecular weight is 437 g/mol. The van der Waals surface area contributed by atoms with Crippen LogP contribution in [0.15, 0.2) is 42.7 Å². The van der Waals surface area contributed by atoms with Crippen molar-refractivity contribution in [2.45, 2.75) is 13.5 Å². The van der Waals surface area contributed by atoms with E-state index in [9.17, 15) is 0 Å². The van der Waals surface area contributed by atoms with Gasteiger partial charge >= 0.3 is 0 Å². The number of aryl methyl sites for hydroxylation is 1. The summed E-state index contributed by atoms with van der Waals surface area (Å²) in [6.07, 6.45) is 4.20. The van der Waals surface area contributed by atoms with Crippen LogP contribution >= 0.6 is 0 Å². The van der Waals surface area contributed by atoms with Crippen molar-refractivity contribution in [1.29, 1.82) is 0 Å². The molecule has 0 aliphatic carbocycles.